The van der Waals surface area contributed by atoms with Gasteiger partial charge in [-0.25, -0.2) is 0 Å². The number of hydrogen-bond acceptors (Lipinski definition) is 2. The summed E-state index contributed by atoms with van der Waals surface area (Å²) >= 11 is 2.19. The van der Waals surface area contributed by atoms with Crippen LogP contribution >= 0.6 is 22.6 Å². The van der Waals surface area contributed by atoms with E-state index in [9.17, 15) is 9.59 Å². The number of halogens is 1. The normalized spacial score (nSPS) is 10.1. The highest BCUT2D eigenvalue weighted by molar-refractivity contribution is 14.1. The van der Waals surface area contributed by atoms with E-state index in [1.807, 2.05) is 26.0 Å². The van der Waals surface area contributed by atoms with Gasteiger partial charge in [0.2, 0.25) is 5.91 Å². The van der Waals surface area contributed by atoms with Crippen molar-refractivity contribution in [3.8, 4) is 0 Å². The van der Waals surface area contributed by atoms with Crippen LogP contribution in [0, 0.1) is 3.57 Å². The molecule has 0 bridgehead atoms. The molecule has 104 valence electrons. The van der Waals surface area contributed by atoms with Crippen molar-refractivity contribution in [2.45, 2.75) is 20.3 Å². The first-order valence-electron chi connectivity index (χ1n) is 6.40. The second-order valence-corrected chi connectivity index (χ2v) is 5.32. The zero-order valence-corrected chi connectivity index (χ0v) is 13.4. The quantitative estimate of drug-likeness (QED) is 0.777. The first kappa shape index (κ1) is 15.9. The Balaban J connectivity index is 2.39. The second-order valence-electron chi connectivity index (χ2n) is 4.08. The third kappa shape index (κ3) is 5.18. The molecular weight excluding hydrogens is 355 g/mol. The maximum atomic E-state index is 11.8. The van der Waals surface area contributed by atoms with E-state index in [1.54, 1.807) is 17.0 Å². The molecule has 0 saturated carbocycles. The Morgan fingerprint density at radius 2 is 1.74 bits per heavy atom. The van der Waals surface area contributed by atoms with Crippen LogP contribution in [0.2, 0.25) is 0 Å². The highest BCUT2D eigenvalue weighted by Gasteiger charge is 2.10. The third-order valence-electron chi connectivity index (χ3n) is 2.85. The fraction of sp³-hybridized carbons (Fsp3) is 0.429. The number of carbonyl (C=O) groups excluding carboxylic acids is 2. The summed E-state index contributed by atoms with van der Waals surface area (Å²) in [4.78, 5) is 25.3. The maximum Gasteiger partial charge on any atom is 0.251 e. The lowest BCUT2D eigenvalue weighted by molar-refractivity contribution is -0.130. The van der Waals surface area contributed by atoms with Gasteiger partial charge in [-0.3, -0.25) is 9.59 Å². The Labute approximate surface area is 127 Å². The zero-order chi connectivity index (χ0) is 14.3. The van der Waals surface area contributed by atoms with Crippen molar-refractivity contribution < 1.29 is 9.59 Å². The summed E-state index contributed by atoms with van der Waals surface area (Å²) in [7, 11) is 0. The Morgan fingerprint density at radius 3 is 2.26 bits per heavy atom. The summed E-state index contributed by atoms with van der Waals surface area (Å²) in [6.07, 6.45) is 0.345. The van der Waals surface area contributed by atoms with Gasteiger partial charge in [0.05, 0.1) is 0 Å². The standard InChI is InChI=1S/C14H19IN2O2/c1-3-17(4-2)13(18)9-10-16-14(19)11-5-7-12(15)8-6-11/h5-8H,3-4,9-10H2,1-2H3,(H,16,19). The van der Waals surface area contributed by atoms with Crippen LogP contribution in [0.4, 0.5) is 0 Å². The lowest BCUT2D eigenvalue weighted by atomic mass is 10.2. The molecule has 1 aromatic carbocycles. The number of hydrogen-bond donors (Lipinski definition) is 1. The molecule has 4 nitrogen and oxygen atoms in total. The molecule has 0 aliphatic rings. The third-order valence-corrected chi connectivity index (χ3v) is 3.57. The molecule has 0 aliphatic heterocycles. The number of amides is 2. The van der Waals surface area contributed by atoms with E-state index in [4.69, 9.17) is 0 Å². The minimum absolute atomic E-state index is 0.0768. The average molecular weight is 374 g/mol. The smallest absolute Gasteiger partial charge is 0.251 e. The van der Waals surface area contributed by atoms with Crippen LogP contribution in [0.5, 0.6) is 0 Å². The van der Waals surface area contributed by atoms with Crippen LogP contribution in [0.1, 0.15) is 30.6 Å². The lowest BCUT2D eigenvalue weighted by Crippen LogP contribution is -2.34. The minimum Gasteiger partial charge on any atom is -0.352 e. The van der Waals surface area contributed by atoms with Crippen molar-refractivity contribution in [1.82, 2.24) is 10.2 Å². The van der Waals surface area contributed by atoms with Gasteiger partial charge in [0, 0.05) is 35.2 Å². The van der Waals surface area contributed by atoms with E-state index >= 15 is 0 Å². The fourth-order valence-corrected chi connectivity index (χ4v) is 2.08. The summed E-state index contributed by atoms with van der Waals surface area (Å²) in [6.45, 7) is 5.69. The molecule has 0 atom stereocenters. The molecule has 1 N–H and O–H groups in total. The summed E-state index contributed by atoms with van der Waals surface area (Å²) in [6, 6.07) is 7.33. The first-order valence-corrected chi connectivity index (χ1v) is 7.47. The van der Waals surface area contributed by atoms with Gasteiger partial charge in [-0.15, -0.1) is 0 Å². The van der Waals surface area contributed by atoms with Crippen LogP contribution in [0.25, 0.3) is 0 Å². The van der Waals surface area contributed by atoms with Crippen molar-refractivity contribution in [2.24, 2.45) is 0 Å². The molecule has 1 aromatic rings. The minimum atomic E-state index is -0.135. The maximum absolute atomic E-state index is 11.8. The van der Waals surface area contributed by atoms with Gasteiger partial charge in [-0.05, 0) is 60.7 Å². The van der Waals surface area contributed by atoms with Crippen LogP contribution < -0.4 is 5.32 Å². The first-order chi connectivity index (χ1) is 9.08. The summed E-state index contributed by atoms with van der Waals surface area (Å²) in [5.74, 6) is -0.0587. The molecule has 1 rings (SSSR count). The number of carbonyl (C=O) groups is 2. The van der Waals surface area contributed by atoms with Gasteiger partial charge in [0.25, 0.3) is 5.91 Å². The van der Waals surface area contributed by atoms with Gasteiger partial charge in [-0.1, -0.05) is 0 Å². The molecule has 19 heavy (non-hydrogen) atoms. The zero-order valence-electron chi connectivity index (χ0n) is 11.3. The molecule has 0 fully saturated rings. The van der Waals surface area contributed by atoms with E-state index in [-0.39, 0.29) is 11.8 Å². The van der Waals surface area contributed by atoms with E-state index in [2.05, 4.69) is 27.9 Å². The topological polar surface area (TPSA) is 49.4 Å². The van der Waals surface area contributed by atoms with E-state index in [1.165, 1.54) is 0 Å². The molecular formula is C14H19IN2O2. The van der Waals surface area contributed by atoms with Crippen molar-refractivity contribution in [1.29, 1.82) is 0 Å². The van der Waals surface area contributed by atoms with Gasteiger partial charge in [0.15, 0.2) is 0 Å². The number of rotatable bonds is 6. The second kappa shape index (κ2) is 8.14. The summed E-state index contributed by atoms with van der Waals surface area (Å²) in [5, 5.41) is 2.76. The van der Waals surface area contributed by atoms with Gasteiger partial charge in [-0.2, -0.15) is 0 Å². The highest BCUT2D eigenvalue weighted by Crippen LogP contribution is 2.06. The summed E-state index contributed by atoms with van der Waals surface area (Å²) in [5.41, 5.74) is 0.621. The van der Waals surface area contributed by atoms with Gasteiger partial charge < -0.3 is 10.2 Å². The summed E-state index contributed by atoms with van der Waals surface area (Å²) < 4.78 is 1.09. The Kier molecular flexibility index (Phi) is 6.83. The van der Waals surface area contributed by atoms with Crippen LogP contribution in [-0.4, -0.2) is 36.3 Å². The van der Waals surface area contributed by atoms with Gasteiger partial charge >= 0.3 is 0 Å². The van der Waals surface area contributed by atoms with E-state index < -0.39 is 0 Å². The van der Waals surface area contributed by atoms with Crippen LogP contribution in [0.3, 0.4) is 0 Å². The molecule has 0 spiro atoms. The SMILES string of the molecule is CCN(CC)C(=O)CCNC(=O)c1ccc(I)cc1. The lowest BCUT2D eigenvalue weighted by Gasteiger charge is -2.18. The molecule has 0 saturated heterocycles. The van der Waals surface area contributed by atoms with Gasteiger partial charge in [0.1, 0.15) is 0 Å². The number of benzene rings is 1. The van der Waals surface area contributed by atoms with Crippen LogP contribution in [-0.2, 0) is 4.79 Å². The van der Waals surface area contributed by atoms with Crippen molar-refractivity contribution in [3.05, 3.63) is 33.4 Å². The Hall–Kier alpha value is -1.11. The Morgan fingerprint density at radius 1 is 1.16 bits per heavy atom. The monoisotopic (exact) mass is 374 g/mol. The predicted molar refractivity (Wildman–Crippen MR) is 84.0 cm³/mol. The molecule has 0 unspecified atom stereocenters. The van der Waals surface area contributed by atoms with Crippen molar-refractivity contribution >= 4 is 34.4 Å². The van der Waals surface area contributed by atoms with Crippen molar-refractivity contribution in [2.75, 3.05) is 19.6 Å². The average Bonchev–Trinajstić information content (AvgIpc) is 2.40. The fourth-order valence-electron chi connectivity index (χ4n) is 1.72. The van der Waals surface area contributed by atoms with Crippen LogP contribution in [0.15, 0.2) is 24.3 Å². The molecule has 5 heteroatoms. The largest absolute Gasteiger partial charge is 0.352 e. The highest BCUT2D eigenvalue weighted by atomic mass is 127. The number of nitrogens with zero attached hydrogens (tertiary/aromatic N) is 1. The molecule has 0 aromatic heterocycles. The molecule has 2 amide bonds. The predicted octanol–water partition coefficient (Wildman–Crippen LogP) is 2.28. The molecule has 0 radical (unpaired) electrons. The number of nitrogens with one attached hydrogen (secondary N) is 1. The molecule has 0 aliphatic carbocycles. The van der Waals surface area contributed by atoms with E-state index in [0.29, 0.717) is 31.6 Å². The van der Waals surface area contributed by atoms with Crippen molar-refractivity contribution in [3.63, 3.8) is 0 Å². The Bertz CT molecular complexity index is 428. The molecule has 0 heterocycles. The van der Waals surface area contributed by atoms with E-state index in [0.717, 1.165) is 3.57 Å².